The molecule has 3 aromatic carbocycles. The summed E-state index contributed by atoms with van der Waals surface area (Å²) < 4.78 is 10.7. The fraction of sp³-hybridized carbons (Fsp3) is 0.0435. The second kappa shape index (κ2) is 8.11. The van der Waals surface area contributed by atoms with Crippen LogP contribution in [-0.2, 0) is 0 Å². The smallest absolute Gasteiger partial charge is 0.231 e. The molecule has 0 spiro atoms. The van der Waals surface area contributed by atoms with Crippen LogP contribution in [0.4, 0.5) is 0 Å². The maximum absolute atomic E-state index is 13.2. The molecule has 0 radical (unpaired) electrons. The highest BCUT2D eigenvalue weighted by Crippen LogP contribution is 2.36. The molecule has 144 valence electrons. The molecule has 0 fully saturated rings. The van der Waals surface area contributed by atoms with E-state index >= 15 is 0 Å². The van der Waals surface area contributed by atoms with Gasteiger partial charge in [0.2, 0.25) is 11.5 Å². The van der Waals surface area contributed by atoms with Crippen molar-refractivity contribution in [3.63, 3.8) is 0 Å². The number of hydrogen-bond acceptors (Lipinski definition) is 4. The third-order valence-corrected chi connectivity index (χ3v) is 5.01. The zero-order chi connectivity index (χ0) is 20.4. The van der Waals surface area contributed by atoms with Crippen molar-refractivity contribution in [1.29, 1.82) is 0 Å². The van der Waals surface area contributed by atoms with Crippen LogP contribution in [0.1, 0.15) is 16.1 Å². The van der Waals surface area contributed by atoms with E-state index in [0.717, 1.165) is 11.1 Å². The van der Waals surface area contributed by atoms with Crippen LogP contribution in [0, 0.1) is 0 Å². The average molecular weight is 424 g/mol. The molecule has 0 saturated carbocycles. The van der Waals surface area contributed by atoms with Crippen molar-refractivity contribution in [1.82, 2.24) is 5.16 Å². The summed E-state index contributed by atoms with van der Waals surface area (Å²) in [6.45, 7) is 0. The minimum atomic E-state index is -0.273. The molecule has 0 unspecified atom stereocenters. The Bertz CT molecular complexity index is 1150. The monoisotopic (exact) mass is 423 g/mol. The van der Waals surface area contributed by atoms with E-state index in [2.05, 4.69) is 5.16 Å². The molecule has 0 aliphatic rings. The van der Waals surface area contributed by atoms with Gasteiger partial charge in [-0.2, -0.15) is 0 Å². The van der Waals surface area contributed by atoms with Crippen molar-refractivity contribution in [2.24, 2.45) is 0 Å². The molecule has 6 heteroatoms. The second-order valence-corrected chi connectivity index (χ2v) is 7.18. The molecule has 1 heterocycles. The summed E-state index contributed by atoms with van der Waals surface area (Å²) in [5.41, 5.74) is 3.19. The minimum Gasteiger partial charge on any atom is -0.497 e. The van der Waals surface area contributed by atoms with Crippen molar-refractivity contribution in [3.05, 3.63) is 94.2 Å². The summed E-state index contributed by atoms with van der Waals surface area (Å²) in [6.07, 6.45) is 0. The Morgan fingerprint density at radius 2 is 1.38 bits per heavy atom. The van der Waals surface area contributed by atoms with Gasteiger partial charge in [-0.25, -0.2) is 0 Å². The Balaban J connectivity index is 1.86. The summed E-state index contributed by atoms with van der Waals surface area (Å²) in [5.74, 6) is 0.548. The van der Waals surface area contributed by atoms with Crippen LogP contribution in [0.5, 0.6) is 5.75 Å². The fourth-order valence-corrected chi connectivity index (χ4v) is 3.26. The predicted molar refractivity (Wildman–Crippen MR) is 114 cm³/mol. The van der Waals surface area contributed by atoms with Gasteiger partial charge in [0.25, 0.3) is 0 Å². The number of ketones is 1. The van der Waals surface area contributed by atoms with Gasteiger partial charge in [0.15, 0.2) is 0 Å². The molecule has 29 heavy (non-hydrogen) atoms. The van der Waals surface area contributed by atoms with Gasteiger partial charge in [-0.3, -0.25) is 4.79 Å². The molecule has 0 amide bonds. The molecule has 0 N–H and O–H groups in total. The van der Waals surface area contributed by atoms with E-state index in [1.807, 2.05) is 24.3 Å². The molecular formula is C23H15Cl2NO3. The molecule has 0 aliphatic heterocycles. The highest BCUT2D eigenvalue weighted by molar-refractivity contribution is 6.31. The second-order valence-electron chi connectivity index (χ2n) is 6.31. The van der Waals surface area contributed by atoms with Crippen LogP contribution < -0.4 is 4.74 Å². The zero-order valence-corrected chi connectivity index (χ0v) is 16.9. The average Bonchev–Trinajstić information content (AvgIpc) is 3.19. The van der Waals surface area contributed by atoms with Crippen molar-refractivity contribution >= 4 is 29.0 Å². The lowest BCUT2D eigenvalue weighted by Gasteiger charge is -2.06. The summed E-state index contributed by atoms with van der Waals surface area (Å²) in [6, 6.07) is 21.2. The first kappa shape index (κ1) is 19.2. The first-order valence-corrected chi connectivity index (χ1v) is 9.52. The van der Waals surface area contributed by atoms with Gasteiger partial charge >= 0.3 is 0 Å². The molecule has 0 aliphatic carbocycles. The molecular weight excluding hydrogens is 409 g/mol. The largest absolute Gasteiger partial charge is 0.497 e. The number of benzene rings is 3. The molecule has 0 bridgehead atoms. The summed E-state index contributed by atoms with van der Waals surface area (Å²) in [4.78, 5) is 13.2. The number of hydrogen-bond donors (Lipinski definition) is 0. The number of methoxy groups -OCH3 is 1. The first-order chi connectivity index (χ1) is 14.1. The van der Waals surface area contributed by atoms with Crippen molar-refractivity contribution in [2.75, 3.05) is 7.11 Å². The van der Waals surface area contributed by atoms with Crippen LogP contribution in [0.25, 0.3) is 22.4 Å². The topological polar surface area (TPSA) is 52.3 Å². The number of halogens is 2. The van der Waals surface area contributed by atoms with Gasteiger partial charge in [-0.1, -0.05) is 52.6 Å². The van der Waals surface area contributed by atoms with Crippen molar-refractivity contribution in [2.45, 2.75) is 0 Å². The van der Waals surface area contributed by atoms with Crippen LogP contribution >= 0.6 is 23.2 Å². The minimum absolute atomic E-state index is 0.155. The van der Waals surface area contributed by atoms with E-state index in [9.17, 15) is 4.79 Å². The number of carbonyl (C=O) groups excluding carboxylic acids is 1. The standard InChI is InChI=1S/C23H15Cl2NO3/c1-28-19-12-6-16(7-13-19)22(27)23-20(14-2-8-17(24)9-3-14)21(26-29-23)15-4-10-18(25)11-5-15/h2-13H,1H3. The van der Waals surface area contributed by atoms with E-state index in [0.29, 0.717) is 32.6 Å². The van der Waals surface area contributed by atoms with Crippen LogP contribution in [0.2, 0.25) is 10.0 Å². The first-order valence-electron chi connectivity index (χ1n) is 8.77. The van der Waals surface area contributed by atoms with E-state index in [4.69, 9.17) is 32.5 Å². The van der Waals surface area contributed by atoms with Crippen molar-refractivity contribution < 1.29 is 14.1 Å². The molecule has 4 rings (SSSR count). The van der Waals surface area contributed by atoms with Gasteiger partial charge < -0.3 is 9.26 Å². The zero-order valence-electron chi connectivity index (χ0n) is 15.4. The van der Waals surface area contributed by atoms with E-state index < -0.39 is 0 Å². The van der Waals surface area contributed by atoms with Gasteiger partial charge in [0.1, 0.15) is 11.4 Å². The maximum atomic E-state index is 13.2. The number of nitrogens with zero attached hydrogens (tertiary/aromatic N) is 1. The van der Waals surface area contributed by atoms with Crippen LogP contribution in [-0.4, -0.2) is 18.0 Å². The van der Waals surface area contributed by atoms with Crippen LogP contribution in [0.3, 0.4) is 0 Å². The van der Waals surface area contributed by atoms with E-state index in [1.165, 1.54) is 0 Å². The van der Waals surface area contributed by atoms with Gasteiger partial charge in [0.05, 0.1) is 12.7 Å². The van der Waals surface area contributed by atoms with E-state index in [1.54, 1.807) is 55.6 Å². The third-order valence-electron chi connectivity index (χ3n) is 4.50. The Morgan fingerprint density at radius 3 is 1.93 bits per heavy atom. The van der Waals surface area contributed by atoms with Gasteiger partial charge in [-0.15, -0.1) is 0 Å². The Hall–Kier alpha value is -3.08. The Labute approximate surface area is 177 Å². The lowest BCUT2D eigenvalue weighted by Crippen LogP contribution is -2.02. The number of carbonyl (C=O) groups is 1. The lowest BCUT2D eigenvalue weighted by molar-refractivity contribution is 0.100. The molecule has 1 aromatic heterocycles. The fourth-order valence-electron chi connectivity index (χ4n) is 3.01. The Kier molecular flexibility index (Phi) is 5.38. The quantitative estimate of drug-likeness (QED) is 0.341. The highest BCUT2D eigenvalue weighted by atomic mass is 35.5. The predicted octanol–water partition coefficient (Wildman–Crippen LogP) is 6.56. The van der Waals surface area contributed by atoms with Crippen LogP contribution in [0.15, 0.2) is 77.3 Å². The number of rotatable bonds is 5. The molecule has 4 nitrogen and oxygen atoms in total. The third kappa shape index (κ3) is 3.90. The van der Waals surface area contributed by atoms with E-state index in [-0.39, 0.29) is 11.5 Å². The van der Waals surface area contributed by atoms with Crippen molar-refractivity contribution in [3.8, 4) is 28.1 Å². The molecule has 4 aromatic rings. The maximum Gasteiger partial charge on any atom is 0.231 e. The highest BCUT2D eigenvalue weighted by Gasteiger charge is 2.25. The SMILES string of the molecule is COc1ccc(C(=O)c2onc(-c3ccc(Cl)cc3)c2-c2ccc(Cl)cc2)cc1. The summed E-state index contributed by atoms with van der Waals surface area (Å²) in [5, 5.41) is 5.41. The molecule has 0 saturated heterocycles. The lowest BCUT2D eigenvalue weighted by atomic mass is 9.96. The number of ether oxygens (including phenoxy) is 1. The van der Waals surface area contributed by atoms with Gasteiger partial charge in [0, 0.05) is 21.2 Å². The normalized spacial score (nSPS) is 10.7. The Morgan fingerprint density at radius 1 is 0.828 bits per heavy atom. The summed E-state index contributed by atoms with van der Waals surface area (Å²) >= 11 is 12.1. The summed E-state index contributed by atoms with van der Waals surface area (Å²) in [7, 11) is 1.57. The van der Waals surface area contributed by atoms with Gasteiger partial charge in [-0.05, 0) is 54.1 Å². The molecule has 0 atom stereocenters. The number of aromatic nitrogens is 1.